The molecule has 0 radical (unpaired) electrons. The SMILES string of the molecule is CCCCCNC(=O)c1cc2c(=O)n3cccc(C)c3nc2n(C)c1=N. The van der Waals surface area contributed by atoms with E-state index < -0.39 is 0 Å². The van der Waals surface area contributed by atoms with Gasteiger partial charge in [0.15, 0.2) is 0 Å². The largest absolute Gasteiger partial charge is 0.352 e. The maximum absolute atomic E-state index is 12.9. The van der Waals surface area contributed by atoms with Crippen molar-refractivity contribution in [2.75, 3.05) is 6.54 Å². The second-order valence-corrected chi connectivity index (χ2v) is 6.47. The van der Waals surface area contributed by atoms with E-state index in [0.717, 1.165) is 24.8 Å². The van der Waals surface area contributed by atoms with Gasteiger partial charge in [-0.2, -0.15) is 0 Å². The molecule has 2 N–H and O–H groups in total. The Labute approximate surface area is 150 Å². The van der Waals surface area contributed by atoms with Crippen LogP contribution in [-0.2, 0) is 7.05 Å². The number of fused-ring (bicyclic) bond motifs is 2. The molecule has 0 bridgehead atoms. The Bertz CT molecular complexity index is 1110. The first-order valence-electron chi connectivity index (χ1n) is 8.80. The predicted molar refractivity (Wildman–Crippen MR) is 100 cm³/mol. The summed E-state index contributed by atoms with van der Waals surface area (Å²) >= 11 is 0. The zero-order valence-corrected chi connectivity index (χ0v) is 15.3. The van der Waals surface area contributed by atoms with Gasteiger partial charge in [-0.1, -0.05) is 25.8 Å². The first-order valence-corrected chi connectivity index (χ1v) is 8.80. The van der Waals surface area contributed by atoms with Crippen LogP contribution in [0.1, 0.15) is 42.1 Å². The second kappa shape index (κ2) is 7.11. The molecular weight excluding hydrogens is 330 g/mol. The third kappa shape index (κ3) is 3.00. The zero-order valence-electron chi connectivity index (χ0n) is 15.3. The molecular formula is C19H23N5O2. The lowest BCUT2D eigenvalue weighted by Crippen LogP contribution is -2.34. The Kier molecular flexibility index (Phi) is 4.88. The van der Waals surface area contributed by atoms with E-state index in [2.05, 4.69) is 17.2 Å². The monoisotopic (exact) mass is 353 g/mol. The maximum Gasteiger partial charge on any atom is 0.267 e. The van der Waals surface area contributed by atoms with Crippen LogP contribution in [0.3, 0.4) is 0 Å². The molecule has 7 nitrogen and oxygen atoms in total. The summed E-state index contributed by atoms with van der Waals surface area (Å²) in [5, 5.41) is 11.5. The minimum absolute atomic E-state index is 0.0373. The molecule has 3 heterocycles. The summed E-state index contributed by atoms with van der Waals surface area (Å²) in [5.74, 6) is -0.336. The molecule has 26 heavy (non-hydrogen) atoms. The van der Waals surface area contributed by atoms with Crippen LogP contribution in [0.15, 0.2) is 29.2 Å². The molecule has 3 aromatic rings. The number of hydrogen-bond acceptors (Lipinski definition) is 4. The van der Waals surface area contributed by atoms with Crippen molar-refractivity contribution in [2.45, 2.75) is 33.1 Å². The fraction of sp³-hybridized carbons (Fsp3) is 0.368. The van der Waals surface area contributed by atoms with Gasteiger partial charge in [-0.05, 0) is 31.0 Å². The van der Waals surface area contributed by atoms with Crippen LogP contribution in [0.25, 0.3) is 16.7 Å². The van der Waals surface area contributed by atoms with Crippen LogP contribution >= 0.6 is 0 Å². The van der Waals surface area contributed by atoms with Gasteiger partial charge < -0.3 is 9.88 Å². The number of carbonyl (C=O) groups excluding carboxylic acids is 1. The first-order chi connectivity index (χ1) is 12.5. The molecule has 0 saturated carbocycles. The minimum atomic E-state index is -0.336. The molecule has 0 aliphatic heterocycles. The Morgan fingerprint density at radius 3 is 2.81 bits per heavy atom. The van der Waals surface area contributed by atoms with Crippen LogP contribution in [0.5, 0.6) is 0 Å². The van der Waals surface area contributed by atoms with E-state index in [1.165, 1.54) is 15.0 Å². The minimum Gasteiger partial charge on any atom is -0.352 e. The summed E-state index contributed by atoms with van der Waals surface area (Å²) in [5.41, 5.74) is 1.80. The topological polar surface area (TPSA) is 92.2 Å². The Hall–Kier alpha value is -2.96. The molecule has 136 valence electrons. The first kappa shape index (κ1) is 17.8. The number of unbranched alkanes of at least 4 members (excludes halogenated alkanes) is 2. The lowest BCUT2D eigenvalue weighted by molar-refractivity contribution is 0.0950. The fourth-order valence-corrected chi connectivity index (χ4v) is 3.03. The van der Waals surface area contributed by atoms with Gasteiger partial charge in [0.2, 0.25) is 0 Å². The summed E-state index contributed by atoms with van der Waals surface area (Å²) in [4.78, 5) is 29.9. The van der Waals surface area contributed by atoms with Gasteiger partial charge in [0.1, 0.15) is 16.8 Å². The van der Waals surface area contributed by atoms with E-state index in [1.807, 2.05) is 13.0 Å². The summed E-state index contributed by atoms with van der Waals surface area (Å²) in [7, 11) is 1.65. The van der Waals surface area contributed by atoms with Gasteiger partial charge in [-0.15, -0.1) is 0 Å². The Morgan fingerprint density at radius 2 is 2.08 bits per heavy atom. The van der Waals surface area contributed by atoms with Crippen molar-refractivity contribution in [1.82, 2.24) is 19.3 Å². The standard InChI is InChI=1S/C19H23N5O2/c1-4-5-6-9-21-18(25)13-11-14-17(23(3)15(13)20)22-16-12(2)8-7-10-24(16)19(14)26/h7-8,10-11,20H,4-6,9H2,1-3H3,(H,21,25). The van der Waals surface area contributed by atoms with Crippen LogP contribution in [-0.4, -0.2) is 26.4 Å². The summed E-state index contributed by atoms with van der Waals surface area (Å²) in [6.45, 7) is 4.54. The maximum atomic E-state index is 12.9. The second-order valence-electron chi connectivity index (χ2n) is 6.47. The molecule has 0 aromatic carbocycles. The lowest BCUT2D eigenvalue weighted by Gasteiger charge is -2.12. The number of hydrogen-bond donors (Lipinski definition) is 2. The van der Waals surface area contributed by atoms with Crippen molar-refractivity contribution in [1.29, 1.82) is 5.41 Å². The van der Waals surface area contributed by atoms with Gasteiger partial charge >= 0.3 is 0 Å². The van der Waals surface area contributed by atoms with Crippen molar-refractivity contribution in [2.24, 2.45) is 7.05 Å². The summed E-state index contributed by atoms with van der Waals surface area (Å²) < 4.78 is 2.97. The molecule has 0 fully saturated rings. The van der Waals surface area contributed by atoms with Crippen LogP contribution < -0.4 is 16.4 Å². The molecule has 3 aromatic heterocycles. The lowest BCUT2D eigenvalue weighted by atomic mass is 10.2. The van der Waals surface area contributed by atoms with Gasteiger partial charge in [0.05, 0.1) is 10.9 Å². The average Bonchev–Trinajstić information content (AvgIpc) is 2.63. The average molecular weight is 353 g/mol. The fourth-order valence-electron chi connectivity index (χ4n) is 3.03. The van der Waals surface area contributed by atoms with E-state index in [1.54, 1.807) is 19.3 Å². The normalized spacial score (nSPS) is 11.2. The molecule has 0 spiro atoms. The summed E-state index contributed by atoms with van der Waals surface area (Å²) in [6.07, 6.45) is 4.66. The molecule has 0 unspecified atom stereocenters. The molecule has 3 rings (SSSR count). The highest BCUT2D eigenvalue weighted by Crippen LogP contribution is 2.11. The molecule has 0 aliphatic rings. The van der Waals surface area contributed by atoms with Crippen LogP contribution in [0.2, 0.25) is 0 Å². The zero-order chi connectivity index (χ0) is 18.8. The van der Waals surface area contributed by atoms with Gasteiger partial charge in [0.25, 0.3) is 11.5 Å². The molecule has 0 aliphatic carbocycles. The predicted octanol–water partition coefficient (Wildman–Crippen LogP) is 1.89. The van der Waals surface area contributed by atoms with E-state index in [4.69, 9.17) is 5.41 Å². The number of nitrogens with one attached hydrogen (secondary N) is 2. The van der Waals surface area contributed by atoms with Gasteiger partial charge in [0, 0.05) is 19.8 Å². The highest BCUT2D eigenvalue weighted by atomic mass is 16.1. The van der Waals surface area contributed by atoms with E-state index in [0.29, 0.717) is 23.2 Å². The van der Waals surface area contributed by atoms with Crippen molar-refractivity contribution in [3.8, 4) is 0 Å². The summed E-state index contributed by atoms with van der Waals surface area (Å²) in [6, 6.07) is 5.15. The van der Waals surface area contributed by atoms with Crippen LogP contribution in [0.4, 0.5) is 0 Å². The number of aromatic nitrogens is 3. The van der Waals surface area contributed by atoms with E-state index >= 15 is 0 Å². The highest BCUT2D eigenvalue weighted by molar-refractivity contribution is 5.96. The number of carbonyl (C=O) groups is 1. The number of amides is 1. The molecule has 0 saturated heterocycles. The number of nitrogens with zero attached hydrogens (tertiary/aromatic N) is 3. The Morgan fingerprint density at radius 1 is 1.31 bits per heavy atom. The van der Waals surface area contributed by atoms with E-state index in [9.17, 15) is 9.59 Å². The highest BCUT2D eigenvalue weighted by Gasteiger charge is 2.16. The van der Waals surface area contributed by atoms with Crippen molar-refractivity contribution < 1.29 is 4.79 Å². The van der Waals surface area contributed by atoms with Gasteiger partial charge in [-0.25, -0.2) is 4.98 Å². The molecule has 1 amide bonds. The van der Waals surface area contributed by atoms with Gasteiger partial charge in [-0.3, -0.25) is 19.4 Å². The van der Waals surface area contributed by atoms with Crippen molar-refractivity contribution in [3.05, 3.63) is 51.4 Å². The third-order valence-electron chi connectivity index (χ3n) is 4.57. The third-order valence-corrected chi connectivity index (χ3v) is 4.57. The van der Waals surface area contributed by atoms with Crippen molar-refractivity contribution in [3.63, 3.8) is 0 Å². The van der Waals surface area contributed by atoms with E-state index in [-0.39, 0.29) is 22.5 Å². The van der Waals surface area contributed by atoms with Crippen molar-refractivity contribution >= 4 is 22.6 Å². The van der Waals surface area contributed by atoms with Crippen LogP contribution in [0, 0.1) is 12.3 Å². The Balaban J connectivity index is 2.16. The molecule has 7 heteroatoms. The number of pyridine rings is 2. The molecule has 0 atom stereocenters. The quantitative estimate of drug-likeness (QED) is 0.542. The number of rotatable bonds is 5. The number of aryl methyl sites for hydroxylation is 2. The smallest absolute Gasteiger partial charge is 0.267 e.